The van der Waals surface area contributed by atoms with Crippen molar-refractivity contribution in [2.24, 2.45) is 0 Å². The number of nitrogens with one attached hydrogen (secondary N) is 4. The normalized spacial score (nSPS) is 10.5. The summed E-state index contributed by atoms with van der Waals surface area (Å²) in [5.41, 5.74) is 1.53. The van der Waals surface area contributed by atoms with Crippen molar-refractivity contribution in [1.82, 2.24) is 15.5 Å². The van der Waals surface area contributed by atoms with E-state index in [2.05, 4.69) is 20.8 Å². The van der Waals surface area contributed by atoms with Crippen LogP contribution in [-0.4, -0.2) is 57.9 Å². The second kappa shape index (κ2) is 15.9. The molecule has 0 aliphatic carbocycles. The van der Waals surface area contributed by atoms with Crippen molar-refractivity contribution >= 4 is 62.0 Å². The van der Waals surface area contributed by atoms with Gasteiger partial charge in [0.2, 0.25) is 16.9 Å². The van der Waals surface area contributed by atoms with Gasteiger partial charge in [-0.25, -0.2) is 0 Å². The Morgan fingerprint density at radius 2 is 1.51 bits per heavy atom. The third-order valence-electron chi connectivity index (χ3n) is 5.21. The molecule has 0 spiro atoms. The van der Waals surface area contributed by atoms with E-state index >= 15 is 0 Å². The highest BCUT2D eigenvalue weighted by atomic mass is 32.2. The number of hydrogen-bond acceptors (Lipinski definition) is 11. The van der Waals surface area contributed by atoms with Gasteiger partial charge < -0.3 is 20.1 Å². The van der Waals surface area contributed by atoms with Crippen molar-refractivity contribution in [2.45, 2.75) is 25.7 Å². The van der Waals surface area contributed by atoms with Crippen LogP contribution in [0.5, 0.6) is 11.5 Å². The summed E-state index contributed by atoms with van der Waals surface area (Å²) in [7, 11) is 3.12. The van der Waals surface area contributed by atoms with E-state index in [1.54, 1.807) is 38.1 Å². The Hall–Kier alpha value is -3.42. The molecular weight excluding hydrogens is 557 g/mol. The van der Waals surface area contributed by atoms with Gasteiger partial charge in [-0.2, -0.15) is 11.8 Å². The molecule has 3 aromatic rings. The molecule has 0 radical (unpaired) electrons. The molecule has 0 aliphatic rings. The van der Waals surface area contributed by atoms with Crippen LogP contribution in [0.1, 0.15) is 22.6 Å². The lowest BCUT2D eigenvalue weighted by atomic mass is 10.1. The Kier molecular flexibility index (Phi) is 12.3. The highest BCUT2D eigenvalue weighted by Gasteiger charge is 2.13. The Morgan fingerprint density at radius 3 is 2.15 bits per heavy atom. The highest BCUT2D eigenvalue weighted by Crippen LogP contribution is 2.21. The van der Waals surface area contributed by atoms with Crippen LogP contribution in [0, 0.1) is 10.8 Å². The number of nitrogens with zero attached hydrogens (tertiary/aromatic N) is 2. The van der Waals surface area contributed by atoms with Gasteiger partial charge in [0, 0.05) is 24.0 Å². The quantitative estimate of drug-likeness (QED) is 0.131. The lowest BCUT2D eigenvalue weighted by molar-refractivity contribution is -0.119. The number of anilines is 1. The van der Waals surface area contributed by atoms with Gasteiger partial charge in [-0.3, -0.25) is 20.4 Å². The average Bonchev–Trinajstić information content (AvgIpc) is 3.35. The van der Waals surface area contributed by atoms with Crippen molar-refractivity contribution in [2.75, 3.05) is 31.0 Å². The zero-order chi connectivity index (χ0) is 28.0. The van der Waals surface area contributed by atoms with Gasteiger partial charge in [0.1, 0.15) is 16.5 Å². The predicted molar refractivity (Wildman–Crippen MR) is 159 cm³/mol. The number of rotatable bonds is 13. The maximum atomic E-state index is 12.4. The number of para-hydroxylation sites is 2. The van der Waals surface area contributed by atoms with Crippen molar-refractivity contribution in [3.8, 4) is 11.5 Å². The van der Waals surface area contributed by atoms with E-state index in [0.717, 1.165) is 33.6 Å². The first kappa shape index (κ1) is 30.1. The molecule has 1 heterocycles. The van der Waals surface area contributed by atoms with Gasteiger partial charge in [-0.1, -0.05) is 47.7 Å². The molecule has 0 aliphatic heterocycles. The smallest absolute Gasteiger partial charge is 0.230 e. The number of carbonyl (C=O) groups is 2. The van der Waals surface area contributed by atoms with E-state index in [1.165, 1.54) is 11.3 Å². The molecule has 0 fully saturated rings. The van der Waals surface area contributed by atoms with Crippen LogP contribution in [0.3, 0.4) is 0 Å². The number of aromatic nitrogens is 2. The minimum Gasteiger partial charge on any atom is -0.496 e. The molecular formula is C26H30N6O4S3. The van der Waals surface area contributed by atoms with Crippen molar-refractivity contribution in [3.63, 3.8) is 0 Å². The largest absolute Gasteiger partial charge is 0.496 e. The Bertz CT molecular complexity index is 1300. The second-order valence-corrected chi connectivity index (χ2v) is 11.4. The monoisotopic (exact) mass is 586 g/mol. The Labute approximate surface area is 239 Å². The molecule has 2 amide bonds. The van der Waals surface area contributed by atoms with Crippen LogP contribution >= 0.6 is 34.9 Å². The SMILES string of the molecule is COc1ccccc1CC(=O)NC(=N)SC(=N)CCSCCc1nnc(NC(=O)Cc2ccccc2OC)s1. The van der Waals surface area contributed by atoms with Gasteiger partial charge in [-0.15, -0.1) is 10.2 Å². The first-order valence-corrected chi connectivity index (χ1v) is 14.7. The molecule has 0 atom stereocenters. The number of ether oxygens (including phenoxy) is 2. The number of thioether (sulfide) groups is 2. The zero-order valence-electron chi connectivity index (χ0n) is 21.6. The van der Waals surface area contributed by atoms with Gasteiger partial charge >= 0.3 is 0 Å². The lowest BCUT2D eigenvalue weighted by Crippen LogP contribution is -2.30. The number of aryl methyl sites for hydroxylation is 1. The fourth-order valence-corrected chi connectivity index (χ4v) is 5.93. The number of carbonyl (C=O) groups excluding carboxylic acids is 2. The van der Waals surface area contributed by atoms with Crippen molar-refractivity contribution in [1.29, 1.82) is 10.8 Å². The Balaban J connectivity index is 1.30. The van der Waals surface area contributed by atoms with Crippen LogP contribution in [0.4, 0.5) is 5.13 Å². The van der Waals surface area contributed by atoms with Gasteiger partial charge in [-0.05, 0) is 35.4 Å². The first-order chi connectivity index (χ1) is 18.9. The third kappa shape index (κ3) is 10.3. The third-order valence-corrected chi connectivity index (χ3v) is 7.85. The van der Waals surface area contributed by atoms with E-state index in [1.807, 2.05) is 36.4 Å². The molecule has 3 rings (SSSR count). The van der Waals surface area contributed by atoms with Crippen LogP contribution in [0.15, 0.2) is 48.5 Å². The van der Waals surface area contributed by atoms with Gasteiger partial charge in [0.25, 0.3) is 0 Å². The molecule has 10 nitrogen and oxygen atoms in total. The lowest BCUT2D eigenvalue weighted by Gasteiger charge is -2.09. The molecule has 0 bridgehead atoms. The van der Waals surface area contributed by atoms with Crippen molar-refractivity contribution < 1.29 is 19.1 Å². The minimum absolute atomic E-state index is 0.0703. The summed E-state index contributed by atoms with van der Waals surface area (Å²) < 4.78 is 10.5. The topological polar surface area (TPSA) is 150 Å². The van der Waals surface area contributed by atoms with E-state index in [4.69, 9.17) is 20.3 Å². The standard InChI is InChI=1S/C26H30N6O4S3/c1-35-19-9-5-3-7-17(19)15-22(33)29-25(28)38-21(27)11-13-37-14-12-24-31-32-26(39-24)30-23(34)16-18-8-4-6-10-20(18)36-2/h3-10,27H,11-16H2,1-2H3,(H2,28,29,33)(H,30,32,34). The second-order valence-electron chi connectivity index (χ2n) is 8.04. The van der Waals surface area contributed by atoms with E-state index < -0.39 is 0 Å². The summed E-state index contributed by atoms with van der Waals surface area (Å²) in [6, 6.07) is 14.6. The van der Waals surface area contributed by atoms with Gasteiger partial charge in [0.05, 0.1) is 32.1 Å². The predicted octanol–water partition coefficient (Wildman–Crippen LogP) is 4.41. The molecule has 13 heteroatoms. The molecule has 1 aromatic heterocycles. The molecule has 0 saturated heterocycles. The van der Waals surface area contributed by atoms with Crippen LogP contribution in [0.25, 0.3) is 0 Å². The molecule has 39 heavy (non-hydrogen) atoms. The summed E-state index contributed by atoms with van der Waals surface area (Å²) in [6.07, 6.45) is 1.46. The summed E-state index contributed by atoms with van der Waals surface area (Å²) in [6.45, 7) is 0. The highest BCUT2D eigenvalue weighted by molar-refractivity contribution is 8.26. The minimum atomic E-state index is -0.327. The van der Waals surface area contributed by atoms with E-state index in [-0.39, 0.29) is 29.8 Å². The van der Waals surface area contributed by atoms with Crippen LogP contribution in [-0.2, 0) is 28.9 Å². The molecule has 4 N–H and O–H groups in total. The maximum Gasteiger partial charge on any atom is 0.230 e. The van der Waals surface area contributed by atoms with E-state index in [9.17, 15) is 9.59 Å². The van der Waals surface area contributed by atoms with Gasteiger partial charge in [0.15, 0.2) is 5.17 Å². The summed E-state index contributed by atoms with van der Waals surface area (Å²) in [5.74, 6) is 2.26. The Morgan fingerprint density at radius 1 is 0.897 bits per heavy atom. The summed E-state index contributed by atoms with van der Waals surface area (Å²) in [4.78, 5) is 24.6. The maximum absolute atomic E-state index is 12.4. The fraction of sp³-hybridized carbons (Fsp3) is 0.308. The average molecular weight is 587 g/mol. The molecule has 206 valence electrons. The summed E-state index contributed by atoms with van der Waals surface area (Å²) >= 11 is 3.94. The molecule has 0 saturated carbocycles. The number of methoxy groups -OCH3 is 2. The van der Waals surface area contributed by atoms with E-state index in [0.29, 0.717) is 40.3 Å². The zero-order valence-corrected chi connectivity index (χ0v) is 24.1. The van der Waals surface area contributed by atoms with Crippen LogP contribution < -0.4 is 20.1 Å². The fourth-order valence-electron chi connectivity index (χ4n) is 3.41. The number of amidine groups is 1. The van der Waals surface area contributed by atoms with Crippen LogP contribution in [0.2, 0.25) is 0 Å². The number of amides is 2. The first-order valence-electron chi connectivity index (χ1n) is 12.0. The number of benzene rings is 2. The van der Waals surface area contributed by atoms with Crippen molar-refractivity contribution in [3.05, 3.63) is 64.7 Å². The summed E-state index contributed by atoms with van der Waals surface area (Å²) in [5, 5.41) is 31.1. The molecule has 0 unspecified atom stereocenters. The number of hydrogen-bond donors (Lipinski definition) is 4. The molecule has 2 aromatic carbocycles.